The molecular weight excluding hydrogens is 294 g/mol. The molecule has 0 atom stereocenters. The standard InChI is InChI=1S/C21H15N3/c22-14-24-19-9-5-4-8-17(19)18-11-10-15-12-13-23(20(15)21(18)24)16-6-2-1-3-7-16/h1-14,22H. The summed E-state index contributed by atoms with van der Waals surface area (Å²) in [5.41, 5.74) is 4.41. The van der Waals surface area contributed by atoms with Crippen LogP contribution in [0.3, 0.4) is 0 Å². The minimum Gasteiger partial charge on any atom is -0.315 e. The molecule has 3 aromatic carbocycles. The first kappa shape index (κ1) is 13.1. The molecule has 3 nitrogen and oxygen atoms in total. The van der Waals surface area contributed by atoms with Gasteiger partial charge in [0.25, 0.3) is 0 Å². The maximum Gasteiger partial charge on any atom is 0.0909 e. The van der Waals surface area contributed by atoms with Crippen molar-refractivity contribution in [1.29, 1.82) is 5.41 Å². The quantitative estimate of drug-likeness (QED) is 0.344. The van der Waals surface area contributed by atoms with Crippen LogP contribution >= 0.6 is 0 Å². The Bertz CT molecular complexity index is 1210. The zero-order valence-corrected chi connectivity index (χ0v) is 13.0. The maximum atomic E-state index is 7.96. The van der Waals surface area contributed by atoms with Gasteiger partial charge in [-0.05, 0) is 24.3 Å². The van der Waals surface area contributed by atoms with Crippen molar-refractivity contribution in [3.63, 3.8) is 0 Å². The Balaban J connectivity index is 2.04. The van der Waals surface area contributed by atoms with E-state index >= 15 is 0 Å². The van der Waals surface area contributed by atoms with Crippen molar-refractivity contribution in [3.8, 4) is 5.69 Å². The van der Waals surface area contributed by atoms with Crippen LogP contribution in [0.2, 0.25) is 0 Å². The second kappa shape index (κ2) is 4.83. The highest BCUT2D eigenvalue weighted by Gasteiger charge is 2.15. The molecule has 0 aliphatic rings. The van der Waals surface area contributed by atoms with Crippen LogP contribution in [-0.4, -0.2) is 15.5 Å². The number of fused-ring (bicyclic) bond motifs is 5. The van der Waals surface area contributed by atoms with Crippen LogP contribution in [-0.2, 0) is 0 Å². The molecule has 1 N–H and O–H groups in total. The topological polar surface area (TPSA) is 33.7 Å². The molecule has 0 saturated carbocycles. The van der Waals surface area contributed by atoms with Crippen molar-refractivity contribution in [2.45, 2.75) is 0 Å². The van der Waals surface area contributed by atoms with E-state index < -0.39 is 0 Å². The summed E-state index contributed by atoms with van der Waals surface area (Å²) in [4.78, 5) is 0. The average molecular weight is 309 g/mol. The van der Waals surface area contributed by atoms with Gasteiger partial charge in [-0.3, -0.25) is 9.98 Å². The summed E-state index contributed by atoms with van der Waals surface area (Å²) in [6, 6.07) is 25.1. The molecule has 3 heteroatoms. The van der Waals surface area contributed by atoms with E-state index in [9.17, 15) is 0 Å². The second-order valence-corrected chi connectivity index (χ2v) is 5.94. The van der Waals surface area contributed by atoms with Gasteiger partial charge in [-0.15, -0.1) is 0 Å². The number of hydrogen-bond acceptors (Lipinski definition) is 1. The Morgan fingerprint density at radius 2 is 1.50 bits per heavy atom. The van der Waals surface area contributed by atoms with Crippen molar-refractivity contribution in [1.82, 2.24) is 9.13 Å². The predicted octanol–water partition coefficient (Wildman–Crippen LogP) is 5.19. The Kier molecular flexibility index (Phi) is 2.65. The van der Waals surface area contributed by atoms with E-state index in [1.807, 2.05) is 28.8 Å². The Hall–Kier alpha value is -3.33. The highest BCUT2D eigenvalue weighted by Crippen LogP contribution is 2.34. The van der Waals surface area contributed by atoms with Crippen LogP contribution in [0.15, 0.2) is 79.0 Å². The molecular formula is C21H15N3. The SMILES string of the molecule is N=Cn1c2ccccc2c2ccc3ccn(-c4ccccc4)c3c21. The molecule has 5 aromatic rings. The zero-order chi connectivity index (χ0) is 16.1. The van der Waals surface area contributed by atoms with Gasteiger partial charge in [0.05, 0.1) is 22.9 Å². The third-order valence-corrected chi connectivity index (χ3v) is 4.68. The second-order valence-electron chi connectivity index (χ2n) is 5.94. The fourth-order valence-electron chi connectivity index (χ4n) is 3.64. The molecule has 0 bridgehead atoms. The molecule has 0 saturated heterocycles. The summed E-state index contributed by atoms with van der Waals surface area (Å²) >= 11 is 0. The molecule has 5 rings (SSSR count). The Morgan fingerprint density at radius 3 is 2.33 bits per heavy atom. The number of nitrogens with one attached hydrogen (secondary N) is 1. The number of rotatable bonds is 2. The Morgan fingerprint density at radius 1 is 0.708 bits per heavy atom. The molecule has 0 fully saturated rings. The van der Waals surface area contributed by atoms with Gasteiger partial charge in [0.1, 0.15) is 0 Å². The lowest BCUT2D eigenvalue weighted by Gasteiger charge is -2.08. The molecule has 24 heavy (non-hydrogen) atoms. The summed E-state index contributed by atoms with van der Waals surface area (Å²) in [6.07, 6.45) is 3.51. The smallest absolute Gasteiger partial charge is 0.0909 e. The van der Waals surface area contributed by atoms with Crippen molar-refractivity contribution in [3.05, 3.63) is 79.0 Å². The van der Waals surface area contributed by atoms with E-state index in [4.69, 9.17) is 5.41 Å². The molecule has 0 spiro atoms. The van der Waals surface area contributed by atoms with E-state index in [0.29, 0.717) is 0 Å². The number of aromatic nitrogens is 2. The number of hydrogen-bond donors (Lipinski definition) is 1. The molecule has 0 aliphatic carbocycles. The summed E-state index contributed by atoms with van der Waals surface area (Å²) in [6.45, 7) is 0. The zero-order valence-electron chi connectivity index (χ0n) is 13.0. The van der Waals surface area contributed by atoms with Crippen LogP contribution in [0.5, 0.6) is 0 Å². The van der Waals surface area contributed by atoms with Gasteiger partial charge in [0.15, 0.2) is 0 Å². The minimum atomic E-state index is 1.07. The molecule has 2 aromatic heterocycles. The summed E-state index contributed by atoms with van der Waals surface area (Å²) in [7, 11) is 0. The third kappa shape index (κ3) is 1.64. The minimum absolute atomic E-state index is 1.07. The molecule has 0 radical (unpaired) electrons. The monoisotopic (exact) mass is 309 g/mol. The van der Waals surface area contributed by atoms with Crippen LogP contribution in [0, 0.1) is 5.41 Å². The largest absolute Gasteiger partial charge is 0.315 e. The van der Waals surface area contributed by atoms with Gasteiger partial charge in [-0.25, -0.2) is 0 Å². The van der Waals surface area contributed by atoms with Crippen LogP contribution in [0.1, 0.15) is 0 Å². The number of para-hydroxylation sites is 2. The highest BCUT2D eigenvalue weighted by molar-refractivity contribution is 6.19. The average Bonchev–Trinajstić information content (AvgIpc) is 3.21. The number of nitrogens with zero attached hydrogens (tertiary/aromatic N) is 2. The van der Waals surface area contributed by atoms with Crippen LogP contribution in [0.25, 0.3) is 38.4 Å². The third-order valence-electron chi connectivity index (χ3n) is 4.68. The van der Waals surface area contributed by atoms with Crippen molar-refractivity contribution in [2.75, 3.05) is 0 Å². The first-order valence-electron chi connectivity index (χ1n) is 7.97. The van der Waals surface area contributed by atoms with E-state index in [1.165, 1.54) is 22.5 Å². The van der Waals surface area contributed by atoms with E-state index in [-0.39, 0.29) is 0 Å². The molecule has 0 unspecified atom stereocenters. The predicted molar refractivity (Wildman–Crippen MR) is 100 cm³/mol. The van der Waals surface area contributed by atoms with Gasteiger partial charge in [-0.1, -0.05) is 48.5 Å². The fourth-order valence-corrected chi connectivity index (χ4v) is 3.64. The van der Waals surface area contributed by atoms with Gasteiger partial charge in [0, 0.05) is 28.0 Å². The lowest BCUT2D eigenvalue weighted by Crippen LogP contribution is -1.97. The normalized spacial score (nSPS) is 11.5. The number of benzene rings is 3. The summed E-state index contributed by atoms with van der Waals surface area (Å²) < 4.78 is 4.18. The van der Waals surface area contributed by atoms with E-state index in [0.717, 1.165) is 22.2 Å². The first-order valence-corrected chi connectivity index (χ1v) is 7.97. The maximum absolute atomic E-state index is 7.96. The highest BCUT2D eigenvalue weighted by atomic mass is 15.0. The van der Waals surface area contributed by atoms with Gasteiger partial charge < -0.3 is 4.57 Å². The van der Waals surface area contributed by atoms with Gasteiger partial charge >= 0.3 is 0 Å². The fraction of sp³-hybridized carbons (Fsp3) is 0. The van der Waals surface area contributed by atoms with Gasteiger partial charge in [0.2, 0.25) is 0 Å². The first-order chi connectivity index (χ1) is 11.9. The molecule has 2 heterocycles. The van der Waals surface area contributed by atoms with Crippen LogP contribution < -0.4 is 0 Å². The molecule has 0 amide bonds. The van der Waals surface area contributed by atoms with Gasteiger partial charge in [-0.2, -0.15) is 0 Å². The van der Waals surface area contributed by atoms with E-state index in [2.05, 4.69) is 59.3 Å². The van der Waals surface area contributed by atoms with Crippen LogP contribution in [0.4, 0.5) is 0 Å². The Labute approximate surface area is 138 Å². The summed E-state index contributed by atoms with van der Waals surface area (Å²) in [5, 5.41) is 11.5. The summed E-state index contributed by atoms with van der Waals surface area (Å²) in [5.74, 6) is 0. The van der Waals surface area contributed by atoms with E-state index in [1.54, 1.807) is 0 Å². The molecule has 0 aliphatic heterocycles. The van der Waals surface area contributed by atoms with Crippen molar-refractivity contribution < 1.29 is 0 Å². The van der Waals surface area contributed by atoms with Crippen molar-refractivity contribution in [2.24, 2.45) is 0 Å². The molecule has 114 valence electrons. The van der Waals surface area contributed by atoms with Crippen molar-refractivity contribution >= 4 is 39.0 Å². The lowest BCUT2D eigenvalue weighted by atomic mass is 10.1. The lowest BCUT2D eigenvalue weighted by molar-refractivity contribution is 1.13.